The molecule has 0 aliphatic carbocycles. The summed E-state index contributed by atoms with van der Waals surface area (Å²) in [4.78, 5) is 24.0. The van der Waals surface area contributed by atoms with Crippen LogP contribution in [0.2, 0.25) is 5.02 Å². The molecule has 1 aromatic heterocycles. The van der Waals surface area contributed by atoms with Crippen molar-refractivity contribution in [2.45, 2.75) is 25.2 Å². The minimum absolute atomic E-state index is 0.142. The van der Waals surface area contributed by atoms with Gasteiger partial charge in [-0.2, -0.15) is 0 Å². The third kappa shape index (κ3) is 4.79. The molecule has 154 valence electrons. The molecule has 1 saturated heterocycles. The van der Waals surface area contributed by atoms with E-state index < -0.39 is 0 Å². The van der Waals surface area contributed by atoms with E-state index in [1.165, 1.54) is 0 Å². The maximum atomic E-state index is 12.9. The highest BCUT2D eigenvalue weighted by Gasteiger charge is 2.26. The van der Waals surface area contributed by atoms with Crippen LogP contribution in [-0.4, -0.2) is 41.0 Å². The molecule has 4 rings (SSSR count). The number of hydrogen-bond acceptors (Lipinski definition) is 4. The van der Waals surface area contributed by atoms with Gasteiger partial charge in [0.15, 0.2) is 0 Å². The maximum absolute atomic E-state index is 12.9. The molecule has 0 spiro atoms. The number of amides is 1. The van der Waals surface area contributed by atoms with Gasteiger partial charge in [0.2, 0.25) is 5.91 Å². The number of halogens is 1. The van der Waals surface area contributed by atoms with Crippen LogP contribution in [0.1, 0.15) is 30.0 Å². The van der Waals surface area contributed by atoms with Crippen molar-refractivity contribution >= 4 is 17.5 Å². The van der Waals surface area contributed by atoms with Gasteiger partial charge in [-0.05, 0) is 42.7 Å². The van der Waals surface area contributed by atoms with Gasteiger partial charge < -0.3 is 9.64 Å². The average molecular weight is 422 g/mol. The predicted octanol–water partition coefficient (Wildman–Crippen LogP) is 4.75. The number of piperidine rings is 1. The summed E-state index contributed by atoms with van der Waals surface area (Å²) in [6.45, 7) is 1.45. The highest BCUT2D eigenvalue weighted by atomic mass is 35.5. The van der Waals surface area contributed by atoms with Gasteiger partial charge >= 0.3 is 0 Å². The molecule has 0 radical (unpaired) electrons. The summed E-state index contributed by atoms with van der Waals surface area (Å²) in [6.07, 6.45) is 5.92. The lowest BCUT2D eigenvalue weighted by molar-refractivity contribution is -0.131. The molecule has 2 heterocycles. The average Bonchev–Trinajstić information content (AvgIpc) is 2.80. The number of benzene rings is 2. The van der Waals surface area contributed by atoms with Crippen LogP contribution in [0.4, 0.5) is 0 Å². The SMILES string of the molecule is COc1ccc(CC(=O)N2CCC[C@H](c3cncc(-c4cccc(Cl)c4)n3)C2)cc1. The van der Waals surface area contributed by atoms with Crippen molar-refractivity contribution in [1.29, 1.82) is 0 Å². The van der Waals surface area contributed by atoms with Gasteiger partial charge in [-0.25, -0.2) is 4.98 Å². The largest absolute Gasteiger partial charge is 0.497 e. The topological polar surface area (TPSA) is 55.3 Å². The molecule has 0 saturated carbocycles. The molecule has 1 fully saturated rings. The molecule has 0 bridgehead atoms. The number of nitrogens with zero attached hydrogens (tertiary/aromatic N) is 3. The molecule has 6 heteroatoms. The molecule has 5 nitrogen and oxygen atoms in total. The quantitative estimate of drug-likeness (QED) is 0.596. The number of carbonyl (C=O) groups excluding carboxylic acids is 1. The number of carbonyl (C=O) groups is 1. The summed E-state index contributed by atoms with van der Waals surface area (Å²) in [5, 5.41) is 0.674. The van der Waals surface area contributed by atoms with Crippen molar-refractivity contribution < 1.29 is 9.53 Å². The molecule has 1 atom stereocenters. The summed E-state index contributed by atoms with van der Waals surface area (Å²) in [7, 11) is 1.64. The monoisotopic (exact) mass is 421 g/mol. The third-order valence-corrected chi connectivity index (χ3v) is 5.72. The van der Waals surface area contributed by atoms with Crippen molar-refractivity contribution in [1.82, 2.24) is 14.9 Å². The lowest BCUT2D eigenvalue weighted by atomic mass is 9.94. The second kappa shape index (κ2) is 9.26. The van der Waals surface area contributed by atoms with E-state index in [0.717, 1.165) is 47.7 Å². The van der Waals surface area contributed by atoms with Crippen LogP contribution >= 0.6 is 11.6 Å². The zero-order valence-corrected chi connectivity index (χ0v) is 17.7. The van der Waals surface area contributed by atoms with E-state index in [-0.39, 0.29) is 11.8 Å². The number of hydrogen-bond donors (Lipinski definition) is 0. The fourth-order valence-electron chi connectivity index (χ4n) is 3.84. The van der Waals surface area contributed by atoms with Crippen LogP contribution in [0, 0.1) is 0 Å². The van der Waals surface area contributed by atoms with Gasteiger partial charge in [0.1, 0.15) is 5.75 Å². The number of methoxy groups -OCH3 is 1. The summed E-state index contributed by atoms with van der Waals surface area (Å²) < 4.78 is 5.19. The van der Waals surface area contributed by atoms with Crippen LogP contribution in [0.3, 0.4) is 0 Å². The standard InChI is InChI=1S/C24H24ClN3O2/c1-30-21-9-7-17(8-10-21)12-24(29)28-11-3-5-19(16-28)23-15-26-14-22(27-23)18-4-2-6-20(25)13-18/h2,4,6-10,13-15,19H,3,5,11-12,16H2,1H3/t19-/m0/s1. The summed E-state index contributed by atoms with van der Waals surface area (Å²) in [6, 6.07) is 15.3. The van der Waals surface area contributed by atoms with E-state index in [9.17, 15) is 4.79 Å². The Morgan fingerprint density at radius 3 is 2.80 bits per heavy atom. The van der Waals surface area contributed by atoms with E-state index in [4.69, 9.17) is 21.3 Å². The molecular weight excluding hydrogens is 398 g/mol. The minimum atomic E-state index is 0.142. The Hall–Kier alpha value is -2.92. The summed E-state index contributed by atoms with van der Waals surface area (Å²) in [5.41, 5.74) is 3.66. The zero-order chi connectivity index (χ0) is 20.9. The van der Waals surface area contributed by atoms with Crippen molar-refractivity contribution in [3.8, 4) is 17.0 Å². The van der Waals surface area contributed by atoms with E-state index in [0.29, 0.717) is 18.0 Å². The molecule has 1 aliphatic heterocycles. The van der Waals surface area contributed by atoms with Crippen molar-refractivity contribution in [2.24, 2.45) is 0 Å². The van der Waals surface area contributed by atoms with E-state index >= 15 is 0 Å². The van der Waals surface area contributed by atoms with Gasteiger partial charge in [0.05, 0.1) is 31.1 Å². The van der Waals surface area contributed by atoms with Crippen LogP contribution in [0.15, 0.2) is 60.9 Å². The Bertz CT molecular complexity index is 1020. The lowest BCUT2D eigenvalue weighted by Crippen LogP contribution is -2.40. The summed E-state index contributed by atoms with van der Waals surface area (Å²) in [5.74, 6) is 1.12. The first kappa shape index (κ1) is 20.4. The Morgan fingerprint density at radius 1 is 1.20 bits per heavy atom. The molecule has 30 heavy (non-hydrogen) atoms. The van der Waals surface area contributed by atoms with Crippen molar-refractivity contribution in [2.75, 3.05) is 20.2 Å². The second-order valence-electron chi connectivity index (χ2n) is 7.54. The Morgan fingerprint density at radius 2 is 2.03 bits per heavy atom. The van der Waals surface area contributed by atoms with E-state index in [2.05, 4.69) is 4.98 Å². The van der Waals surface area contributed by atoms with E-state index in [1.807, 2.05) is 59.6 Å². The van der Waals surface area contributed by atoms with Gasteiger partial charge in [-0.1, -0.05) is 35.9 Å². The maximum Gasteiger partial charge on any atom is 0.227 e. The summed E-state index contributed by atoms with van der Waals surface area (Å²) >= 11 is 6.12. The van der Waals surface area contributed by atoms with Gasteiger partial charge in [-0.15, -0.1) is 0 Å². The molecule has 0 N–H and O–H groups in total. The normalized spacial score (nSPS) is 16.3. The first-order chi connectivity index (χ1) is 14.6. The van der Waals surface area contributed by atoms with Crippen LogP contribution in [0.25, 0.3) is 11.3 Å². The highest BCUT2D eigenvalue weighted by Crippen LogP contribution is 2.28. The van der Waals surface area contributed by atoms with Gasteiger partial charge in [0.25, 0.3) is 0 Å². The van der Waals surface area contributed by atoms with Gasteiger partial charge in [-0.3, -0.25) is 9.78 Å². The predicted molar refractivity (Wildman–Crippen MR) is 118 cm³/mol. The molecule has 3 aromatic rings. The zero-order valence-electron chi connectivity index (χ0n) is 16.9. The first-order valence-corrected chi connectivity index (χ1v) is 10.5. The van der Waals surface area contributed by atoms with Gasteiger partial charge in [0, 0.05) is 35.8 Å². The Kier molecular flexibility index (Phi) is 6.29. The van der Waals surface area contributed by atoms with E-state index in [1.54, 1.807) is 13.3 Å². The smallest absolute Gasteiger partial charge is 0.227 e. The number of aromatic nitrogens is 2. The molecular formula is C24H24ClN3O2. The second-order valence-corrected chi connectivity index (χ2v) is 7.98. The minimum Gasteiger partial charge on any atom is -0.497 e. The Labute approximate surface area is 181 Å². The van der Waals surface area contributed by atoms with Crippen molar-refractivity contribution in [3.63, 3.8) is 0 Å². The first-order valence-electron chi connectivity index (χ1n) is 10.1. The fourth-order valence-corrected chi connectivity index (χ4v) is 4.03. The van der Waals surface area contributed by atoms with Crippen LogP contribution in [0.5, 0.6) is 5.75 Å². The molecule has 0 unspecified atom stereocenters. The molecule has 1 aliphatic rings. The Balaban J connectivity index is 1.45. The van der Waals surface area contributed by atoms with Crippen LogP contribution < -0.4 is 4.74 Å². The number of rotatable bonds is 5. The number of ether oxygens (including phenoxy) is 1. The lowest BCUT2D eigenvalue weighted by Gasteiger charge is -2.32. The van der Waals surface area contributed by atoms with Crippen LogP contribution in [-0.2, 0) is 11.2 Å². The van der Waals surface area contributed by atoms with Crippen molar-refractivity contribution in [3.05, 3.63) is 77.2 Å². The fraction of sp³-hybridized carbons (Fsp3) is 0.292. The highest BCUT2D eigenvalue weighted by molar-refractivity contribution is 6.30. The third-order valence-electron chi connectivity index (χ3n) is 5.48. The molecule has 2 aromatic carbocycles. The number of likely N-dealkylation sites (tertiary alicyclic amines) is 1. The molecule has 1 amide bonds.